The summed E-state index contributed by atoms with van der Waals surface area (Å²) in [6.45, 7) is 6.56. The minimum atomic E-state index is -3.31. The molecule has 0 unspecified atom stereocenters. The van der Waals surface area contributed by atoms with Crippen molar-refractivity contribution in [2.75, 3.05) is 40.5 Å². The SMILES string of the molecule is CN(C)C(=NCCS(=O)(=O)c1ccc(C(C)(C)C)cc1)N(C)C.I. The standard InChI is InChI=1S/C17H29N3O2S.HI/c1-17(2,3)14-8-10-15(11-9-14)23(21,22)13-12-18-16(19(4)5)20(6)7;/h8-11H,12-13H2,1-7H3;1H. The Bertz CT molecular complexity index is 635. The van der Waals surface area contributed by atoms with Crippen molar-refractivity contribution in [1.29, 1.82) is 0 Å². The molecule has 0 amide bonds. The van der Waals surface area contributed by atoms with Gasteiger partial charge in [-0.25, -0.2) is 8.42 Å². The van der Waals surface area contributed by atoms with Gasteiger partial charge < -0.3 is 9.80 Å². The molecular formula is C17H30IN3O2S. The van der Waals surface area contributed by atoms with Crippen molar-refractivity contribution in [2.24, 2.45) is 4.99 Å². The second-order valence-electron chi connectivity index (χ2n) is 7.06. The molecule has 0 saturated carbocycles. The van der Waals surface area contributed by atoms with E-state index in [0.717, 1.165) is 11.5 Å². The van der Waals surface area contributed by atoms with E-state index < -0.39 is 9.84 Å². The lowest BCUT2D eigenvalue weighted by molar-refractivity contribution is 0.480. The molecule has 0 N–H and O–H groups in total. The molecule has 0 spiro atoms. The first kappa shape index (κ1) is 23.2. The lowest BCUT2D eigenvalue weighted by Gasteiger charge is -2.22. The largest absolute Gasteiger partial charge is 0.349 e. The van der Waals surface area contributed by atoms with E-state index in [1.54, 1.807) is 12.1 Å². The Labute approximate surface area is 164 Å². The first-order chi connectivity index (χ1) is 10.4. The van der Waals surface area contributed by atoms with Crippen LogP contribution >= 0.6 is 24.0 Å². The van der Waals surface area contributed by atoms with Crippen LogP contribution in [-0.4, -0.2) is 64.7 Å². The number of rotatable bonds is 4. The van der Waals surface area contributed by atoms with Crippen LogP contribution in [0, 0.1) is 0 Å². The number of benzene rings is 1. The number of hydrogen-bond acceptors (Lipinski definition) is 3. The minimum absolute atomic E-state index is 0. The Balaban J connectivity index is 0.00000529. The summed E-state index contributed by atoms with van der Waals surface area (Å²) in [7, 11) is 4.24. The highest BCUT2D eigenvalue weighted by Gasteiger charge is 2.17. The Hall–Kier alpha value is -0.830. The second kappa shape index (κ2) is 9.03. The zero-order valence-electron chi connectivity index (χ0n) is 15.7. The molecule has 0 heterocycles. The number of sulfone groups is 1. The van der Waals surface area contributed by atoms with Crippen LogP contribution in [0.5, 0.6) is 0 Å². The third kappa shape index (κ3) is 6.58. The van der Waals surface area contributed by atoms with E-state index in [1.807, 2.05) is 50.1 Å². The average Bonchev–Trinajstić information content (AvgIpc) is 2.42. The van der Waals surface area contributed by atoms with Gasteiger partial charge in [-0.1, -0.05) is 32.9 Å². The van der Waals surface area contributed by atoms with Gasteiger partial charge in [0, 0.05) is 28.2 Å². The van der Waals surface area contributed by atoms with Gasteiger partial charge in [0.25, 0.3) is 0 Å². The number of halogens is 1. The first-order valence-corrected chi connectivity index (χ1v) is 9.33. The molecule has 1 rings (SSSR count). The molecule has 7 heteroatoms. The third-order valence-electron chi connectivity index (χ3n) is 3.49. The van der Waals surface area contributed by atoms with Gasteiger partial charge >= 0.3 is 0 Å². The summed E-state index contributed by atoms with van der Waals surface area (Å²) in [6, 6.07) is 7.17. The molecule has 0 fully saturated rings. The molecule has 1 aromatic rings. The van der Waals surface area contributed by atoms with Gasteiger partial charge in [0.2, 0.25) is 0 Å². The second-order valence-corrected chi connectivity index (χ2v) is 9.17. The Kier molecular flexibility index (Phi) is 8.72. The van der Waals surface area contributed by atoms with Gasteiger partial charge in [0.1, 0.15) is 0 Å². The summed E-state index contributed by atoms with van der Waals surface area (Å²) >= 11 is 0. The highest BCUT2D eigenvalue weighted by atomic mass is 127. The lowest BCUT2D eigenvalue weighted by Crippen LogP contribution is -2.35. The maximum Gasteiger partial charge on any atom is 0.195 e. The highest BCUT2D eigenvalue weighted by Crippen LogP contribution is 2.23. The molecule has 0 aliphatic heterocycles. The smallest absolute Gasteiger partial charge is 0.195 e. The zero-order chi connectivity index (χ0) is 17.8. The van der Waals surface area contributed by atoms with Crippen LogP contribution in [-0.2, 0) is 15.3 Å². The van der Waals surface area contributed by atoms with E-state index in [1.165, 1.54) is 0 Å². The van der Waals surface area contributed by atoms with E-state index in [-0.39, 0.29) is 41.7 Å². The lowest BCUT2D eigenvalue weighted by atomic mass is 9.87. The highest BCUT2D eigenvalue weighted by molar-refractivity contribution is 14.0. The molecule has 0 aliphatic rings. The van der Waals surface area contributed by atoms with Crippen molar-refractivity contribution < 1.29 is 8.42 Å². The fourth-order valence-electron chi connectivity index (χ4n) is 2.23. The van der Waals surface area contributed by atoms with Crippen molar-refractivity contribution in [3.05, 3.63) is 29.8 Å². The molecule has 24 heavy (non-hydrogen) atoms. The van der Waals surface area contributed by atoms with Crippen LogP contribution in [0.25, 0.3) is 0 Å². The van der Waals surface area contributed by atoms with Gasteiger partial charge in [-0.2, -0.15) is 0 Å². The van der Waals surface area contributed by atoms with Gasteiger partial charge in [0.15, 0.2) is 15.8 Å². The predicted octanol–water partition coefficient (Wildman–Crippen LogP) is 2.86. The summed E-state index contributed by atoms with van der Waals surface area (Å²) in [6.07, 6.45) is 0. The van der Waals surface area contributed by atoms with E-state index in [2.05, 4.69) is 25.8 Å². The van der Waals surface area contributed by atoms with Crippen LogP contribution in [0.1, 0.15) is 26.3 Å². The molecule has 0 aliphatic carbocycles. The summed E-state index contributed by atoms with van der Waals surface area (Å²) in [5.41, 5.74) is 1.14. The maximum absolute atomic E-state index is 12.4. The van der Waals surface area contributed by atoms with Crippen LogP contribution in [0.3, 0.4) is 0 Å². The van der Waals surface area contributed by atoms with Crippen molar-refractivity contribution in [2.45, 2.75) is 31.1 Å². The molecule has 138 valence electrons. The van der Waals surface area contributed by atoms with Crippen molar-refractivity contribution in [3.63, 3.8) is 0 Å². The van der Waals surface area contributed by atoms with Gasteiger partial charge in [-0.15, -0.1) is 24.0 Å². The summed E-state index contributed by atoms with van der Waals surface area (Å²) < 4.78 is 24.8. The topological polar surface area (TPSA) is 53.0 Å². The Morgan fingerprint density at radius 1 is 1.00 bits per heavy atom. The Morgan fingerprint density at radius 2 is 1.46 bits per heavy atom. The van der Waals surface area contributed by atoms with Crippen LogP contribution in [0.2, 0.25) is 0 Å². The van der Waals surface area contributed by atoms with E-state index in [9.17, 15) is 8.42 Å². The van der Waals surface area contributed by atoms with Crippen LogP contribution < -0.4 is 0 Å². The van der Waals surface area contributed by atoms with Crippen molar-refractivity contribution >= 4 is 39.8 Å². The molecule has 0 saturated heterocycles. The van der Waals surface area contributed by atoms with E-state index >= 15 is 0 Å². The average molecular weight is 467 g/mol. The van der Waals surface area contributed by atoms with Gasteiger partial charge in [-0.3, -0.25) is 4.99 Å². The fraction of sp³-hybridized carbons (Fsp3) is 0.588. The molecule has 1 aromatic carbocycles. The number of aliphatic imine (C=N–C) groups is 1. The molecule has 5 nitrogen and oxygen atoms in total. The monoisotopic (exact) mass is 467 g/mol. The Morgan fingerprint density at radius 3 is 1.83 bits per heavy atom. The first-order valence-electron chi connectivity index (χ1n) is 7.67. The van der Waals surface area contributed by atoms with Crippen LogP contribution in [0.4, 0.5) is 0 Å². The van der Waals surface area contributed by atoms with Crippen LogP contribution in [0.15, 0.2) is 34.2 Å². The van der Waals surface area contributed by atoms with E-state index in [4.69, 9.17) is 0 Å². The third-order valence-corrected chi connectivity index (χ3v) is 5.20. The predicted molar refractivity (Wildman–Crippen MR) is 112 cm³/mol. The van der Waals surface area contributed by atoms with Crippen molar-refractivity contribution in [3.8, 4) is 0 Å². The summed E-state index contributed by atoms with van der Waals surface area (Å²) in [5.74, 6) is 0.760. The number of nitrogens with zero attached hydrogens (tertiary/aromatic N) is 3. The maximum atomic E-state index is 12.4. The number of hydrogen-bond donors (Lipinski definition) is 0. The molecule has 0 atom stereocenters. The summed E-state index contributed by atoms with van der Waals surface area (Å²) in [4.78, 5) is 8.47. The zero-order valence-corrected chi connectivity index (χ0v) is 18.8. The van der Waals surface area contributed by atoms with Crippen molar-refractivity contribution in [1.82, 2.24) is 9.80 Å². The number of guanidine groups is 1. The van der Waals surface area contributed by atoms with Gasteiger partial charge in [-0.05, 0) is 23.1 Å². The molecular weight excluding hydrogens is 437 g/mol. The summed E-state index contributed by atoms with van der Waals surface area (Å²) in [5, 5.41) is 0. The van der Waals surface area contributed by atoms with Gasteiger partial charge in [0.05, 0.1) is 17.2 Å². The minimum Gasteiger partial charge on any atom is -0.349 e. The normalized spacial score (nSPS) is 11.5. The molecule has 0 bridgehead atoms. The fourth-order valence-corrected chi connectivity index (χ4v) is 3.35. The molecule has 0 aromatic heterocycles. The molecule has 0 radical (unpaired) electrons. The quantitative estimate of drug-likeness (QED) is 0.388. The van der Waals surface area contributed by atoms with E-state index in [0.29, 0.717) is 4.90 Å².